The van der Waals surface area contributed by atoms with Crippen molar-refractivity contribution in [2.45, 2.75) is 19.0 Å². The lowest BCUT2D eigenvalue weighted by Gasteiger charge is -2.09. The van der Waals surface area contributed by atoms with Crippen molar-refractivity contribution in [3.8, 4) is 0 Å². The Morgan fingerprint density at radius 2 is 1.79 bits per heavy atom. The van der Waals surface area contributed by atoms with Crippen LogP contribution in [-0.2, 0) is 19.0 Å². The lowest BCUT2D eigenvalue weighted by Crippen LogP contribution is -2.06. The molecule has 0 atom stereocenters. The van der Waals surface area contributed by atoms with E-state index in [-0.39, 0.29) is 5.95 Å². The molecule has 0 aliphatic rings. The van der Waals surface area contributed by atoms with Crippen molar-refractivity contribution in [3.05, 3.63) is 71.3 Å². The molecule has 0 saturated carbocycles. The number of nitrogens with two attached hydrogens (primary N) is 1. The van der Waals surface area contributed by atoms with Gasteiger partial charge in [0.1, 0.15) is 12.2 Å². The summed E-state index contributed by atoms with van der Waals surface area (Å²) in [5.41, 5.74) is 7.69. The molecule has 4 N–H and O–H groups in total. The van der Waals surface area contributed by atoms with Crippen LogP contribution in [0.4, 0.5) is 30.5 Å². The van der Waals surface area contributed by atoms with Gasteiger partial charge in [0.25, 0.3) is 0 Å². The summed E-state index contributed by atoms with van der Waals surface area (Å²) in [6.07, 6.45) is -0.649. The van der Waals surface area contributed by atoms with Gasteiger partial charge in [-0.3, -0.25) is 0 Å². The zero-order chi connectivity index (χ0) is 20.1. The number of nitrogen functional groups attached to an aromatic ring is 1. The van der Waals surface area contributed by atoms with Crippen LogP contribution in [0.1, 0.15) is 22.5 Å². The van der Waals surface area contributed by atoms with Gasteiger partial charge in [-0.15, -0.1) is 0 Å². The highest BCUT2D eigenvalue weighted by atomic mass is 19.4. The van der Waals surface area contributed by atoms with Crippen LogP contribution < -0.4 is 11.1 Å². The Kier molecular flexibility index (Phi) is 5.53. The number of hydrogen-bond donors (Lipinski definition) is 3. The molecule has 28 heavy (non-hydrogen) atoms. The second kappa shape index (κ2) is 8.03. The third-order valence-electron chi connectivity index (χ3n) is 4.03. The van der Waals surface area contributed by atoms with Crippen LogP contribution in [0.25, 0.3) is 0 Å². The quantitative estimate of drug-likeness (QED) is 0.439. The van der Waals surface area contributed by atoms with E-state index in [9.17, 15) is 13.2 Å². The maximum absolute atomic E-state index is 12.6. The lowest BCUT2D eigenvalue weighted by atomic mass is 10.1. The van der Waals surface area contributed by atoms with Gasteiger partial charge in [0.2, 0.25) is 5.95 Å². The zero-order valence-corrected chi connectivity index (χ0v) is 14.7. The van der Waals surface area contributed by atoms with Gasteiger partial charge in [-0.05, 0) is 48.4 Å². The van der Waals surface area contributed by atoms with Crippen LogP contribution in [0.15, 0.2) is 48.8 Å². The highest BCUT2D eigenvalue weighted by Crippen LogP contribution is 2.30. The molecular weight excluding hydrogens is 369 g/mol. The minimum atomic E-state index is -4.38. The fourth-order valence-electron chi connectivity index (χ4n) is 2.54. The molecule has 0 radical (unpaired) electrons. The molecule has 0 aliphatic heterocycles. The summed E-state index contributed by atoms with van der Waals surface area (Å²) in [5, 5.41) is 10.2. The fourth-order valence-corrected chi connectivity index (χ4v) is 2.54. The van der Waals surface area contributed by atoms with E-state index >= 15 is 0 Å². The number of halogens is 3. The Bertz CT molecular complexity index is 970. The minimum Gasteiger partial charge on any atom is -0.398 e. The van der Waals surface area contributed by atoms with Gasteiger partial charge < -0.3 is 16.5 Å². The summed E-state index contributed by atoms with van der Waals surface area (Å²) in [6.45, 7) is 0. The standard InChI is InChI=1S/C19H17F3N6/c20-19(21,22)14-3-5-15(6-4-14)27-18-26-11-25-17(28-18)8-2-12-1-7-16(24)13(9-12)10-23/h1,3-7,9-11,23H,2,8,24H2,(H,25,26,27,28). The molecule has 6 nitrogen and oxygen atoms in total. The first-order valence-corrected chi connectivity index (χ1v) is 8.36. The smallest absolute Gasteiger partial charge is 0.398 e. The SMILES string of the molecule is N=Cc1cc(CCc2ncnc(Nc3ccc(C(F)(F)F)cc3)n2)ccc1N. The Morgan fingerprint density at radius 1 is 1.04 bits per heavy atom. The minimum absolute atomic E-state index is 0.252. The van der Waals surface area contributed by atoms with Crippen molar-refractivity contribution in [1.82, 2.24) is 15.0 Å². The van der Waals surface area contributed by atoms with Crippen LogP contribution in [0.5, 0.6) is 0 Å². The van der Waals surface area contributed by atoms with Crippen LogP contribution in [0, 0.1) is 5.41 Å². The van der Waals surface area contributed by atoms with Gasteiger partial charge in [-0.1, -0.05) is 6.07 Å². The zero-order valence-electron chi connectivity index (χ0n) is 14.7. The van der Waals surface area contributed by atoms with Crippen molar-refractivity contribution in [3.63, 3.8) is 0 Å². The molecule has 1 heterocycles. The third kappa shape index (κ3) is 4.81. The molecule has 0 aliphatic carbocycles. The maximum atomic E-state index is 12.6. The average molecular weight is 386 g/mol. The summed E-state index contributed by atoms with van der Waals surface area (Å²) in [7, 11) is 0. The van der Waals surface area contributed by atoms with Gasteiger partial charge in [0.15, 0.2) is 0 Å². The summed E-state index contributed by atoms with van der Waals surface area (Å²) < 4.78 is 37.9. The van der Waals surface area contributed by atoms with Crippen molar-refractivity contribution >= 4 is 23.5 Å². The highest BCUT2D eigenvalue weighted by molar-refractivity contribution is 5.85. The molecule has 0 amide bonds. The summed E-state index contributed by atoms with van der Waals surface area (Å²) in [4.78, 5) is 12.4. The number of nitrogens with one attached hydrogen (secondary N) is 2. The summed E-state index contributed by atoms with van der Waals surface area (Å²) in [5.74, 6) is 0.792. The molecule has 9 heteroatoms. The summed E-state index contributed by atoms with van der Waals surface area (Å²) >= 11 is 0. The van der Waals surface area contributed by atoms with Crippen LogP contribution in [0.2, 0.25) is 0 Å². The van der Waals surface area contributed by atoms with E-state index in [0.29, 0.717) is 35.6 Å². The van der Waals surface area contributed by atoms with E-state index in [1.54, 1.807) is 6.07 Å². The number of rotatable bonds is 6. The van der Waals surface area contributed by atoms with Gasteiger partial charge >= 0.3 is 6.18 Å². The third-order valence-corrected chi connectivity index (χ3v) is 4.03. The molecule has 1 aromatic heterocycles. The van der Waals surface area contributed by atoms with Crippen molar-refractivity contribution in [2.24, 2.45) is 0 Å². The Labute approximate surface area is 159 Å². The molecule has 0 saturated heterocycles. The first-order valence-electron chi connectivity index (χ1n) is 8.36. The molecule has 3 aromatic rings. The molecule has 0 unspecified atom stereocenters. The predicted molar refractivity (Wildman–Crippen MR) is 101 cm³/mol. The number of anilines is 3. The van der Waals surface area contributed by atoms with E-state index in [1.807, 2.05) is 12.1 Å². The summed E-state index contributed by atoms with van der Waals surface area (Å²) in [6, 6.07) is 10.1. The maximum Gasteiger partial charge on any atom is 0.416 e. The number of alkyl halides is 3. The Hall–Kier alpha value is -3.49. The van der Waals surface area contributed by atoms with E-state index in [1.165, 1.54) is 24.7 Å². The van der Waals surface area contributed by atoms with E-state index in [0.717, 1.165) is 17.7 Å². The first-order chi connectivity index (χ1) is 13.3. The van der Waals surface area contributed by atoms with Gasteiger partial charge in [-0.25, -0.2) is 9.97 Å². The normalized spacial score (nSPS) is 11.2. The monoisotopic (exact) mass is 386 g/mol. The van der Waals surface area contributed by atoms with Gasteiger partial charge in [0.05, 0.1) is 5.56 Å². The predicted octanol–water partition coefficient (Wildman–Crippen LogP) is 4.00. The van der Waals surface area contributed by atoms with Crippen molar-refractivity contribution < 1.29 is 13.2 Å². The lowest BCUT2D eigenvalue weighted by molar-refractivity contribution is -0.137. The van der Waals surface area contributed by atoms with Crippen LogP contribution in [0.3, 0.4) is 0 Å². The topological polar surface area (TPSA) is 101 Å². The van der Waals surface area contributed by atoms with E-state index in [2.05, 4.69) is 20.3 Å². The van der Waals surface area contributed by atoms with Gasteiger partial charge in [-0.2, -0.15) is 18.2 Å². The number of aryl methyl sites for hydroxylation is 2. The largest absolute Gasteiger partial charge is 0.416 e. The Morgan fingerprint density at radius 3 is 2.46 bits per heavy atom. The number of aromatic nitrogens is 3. The molecule has 0 fully saturated rings. The Balaban J connectivity index is 1.66. The van der Waals surface area contributed by atoms with Crippen LogP contribution in [-0.4, -0.2) is 21.2 Å². The molecule has 2 aromatic carbocycles. The molecule has 0 spiro atoms. The van der Waals surface area contributed by atoms with Gasteiger partial charge in [0, 0.05) is 29.6 Å². The second-order valence-corrected chi connectivity index (χ2v) is 6.03. The van der Waals surface area contributed by atoms with Crippen LogP contribution >= 0.6 is 0 Å². The second-order valence-electron chi connectivity index (χ2n) is 6.03. The number of benzene rings is 2. The number of hydrogen-bond acceptors (Lipinski definition) is 6. The first kappa shape index (κ1) is 19.3. The average Bonchev–Trinajstić information content (AvgIpc) is 2.67. The van der Waals surface area contributed by atoms with E-state index in [4.69, 9.17) is 11.1 Å². The van der Waals surface area contributed by atoms with Crippen molar-refractivity contribution in [1.29, 1.82) is 5.41 Å². The van der Waals surface area contributed by atoms with E-state index < -0.39 is 11.7 Å². The molecular formula is C19H17F3N6. The fraction of sp³-hybridized carbons (Fsp3) is 0.158. The highest BCUT2D eigenvalue weighted by Gasteiger charge is 2.29. The number of nitrogens with zero attached hydrogens (tertiary/aromatic N) is 3. The molecule has 0 bridgehead atoms. The molecule has 3 rings (SSSR count). The molecule has 144 valence electrons. The van der Waals surface area contributed by atoms with Crippen molar-refractivity contribution in [2.75, 3.05) is 11.1 Å².